The maximum absolute atomic E-state index is 13.5. The van der Waals surface area contributed by atoms with E-state index in [9.17, 15) is 18.0 Å². The van der Waals surface area contributed by atoms with Gasteiger partial charge in [-0.25, -0.2) is 13.2 Å². The number of carbonyl (C=O) groups excluding carboxylic acids is 1. The second-order valence-corrected chi connectivity index (χ2v) is 8.86. The van der Waals surface area contributed by atoms with Crippen LogP contribution in [-0.2, 0) is 10.0 Å². The van der Waals surface area contributed by atoms with Crippen LogP contribution in [0.15, 0.2) is 93.0 Å². The molecule has 0 aliphatic carbocycles. The fourth-order valence-corrected chi connectivity index (χ4v) is 4.63. The predicted octanol–water partition coefficient (Wildman–Crippen LogP) is 4.15. The molecule has 0 unspecified atom stereocenters. The van der Waals surface area contributed by atoms with Crippen molar-refractivity contribution in [1.82, 2.24) is 0 Å². The monoisotopic (exact) mass is 449 g/mol. The molecule has 0 aliphatic heterocycles. The van der Waals surface area contributed by atoms with Crippen LogP contribution in [0.4, 0.5) is 5.69 Å². The maximum Gasteiger partial charge on any atom is 0.349 e. The van der Waals surface area contributed by atoms with Crippen molar-refractivity contribution in [2.24, 2.45) is 0 Å². The summed E-state index contributed by atoms with van der Waals surface area (Å²) in [4.78, 5) is 26.0. The summed E-state index contributed by atoms with van der Waals surface area (Å²) in [6.07, 6.45) is 0. The van der Waals surface area contributed by atoms with Crippen LogP contribution in [0, 0.1) is 6.92 Å². The molecule has 1 heterocycles. The van der Waals surface area contributed by atoms with Gasteiger partial charge in [-0.15, -0.1) is 0 Å². The molecule has 0 N–H and O–H groups in total. The minimum atomic E-state index is -4.35. The van der Waals surface area contributed by atoms with Gasteiger partial charge in [0.05, 0.1) is 17.7 Å². The van der Waals surface area contributed by atoms with Gasteiger partial charge in [-0.05, 0) is 55.5 Å². The van der Waals surface area contributed by atoms with Crippen LogP contribution in [0.5, 0.6) is 5.75 Å². The summed E-state index contributed by atoms with van der Waals surface area (Å²) in [7, 11) is -2.87. The Balaban J connectivity index is 1.91. The summed E-state index contributed by atoms with van der Waals surface area (Å²) in [5, 5.41) is 0.498. The number of ether oxygens (including phenoxy) is 1. The Morgan fingerprint density at radius 3 is 2.25 bits per heavy atom. The van der Waals surface area contributed by atoms with Gasteiger partial charge >= 0.3 is 5.63 Å². The average Bonchev–Trinajstić information content (AvgIpc) is 2.79. The smallest absolute Gasteiger partial charge is 0.349 e. The minimum absolute atomic E-state index is 0.0592. The first-order valence-electron chi connectivity index (χ1n) is 9.64. The molecule has 162 valence electrons. The molecule has 3 aromatic carbocycles. The highest BCUT2D eigenvalue weighted by molar-refractivity contribution is 7.93. The zero-order chi connectivity index (χ0) is 22.9. The Kier molecular flexibility index (Phi) is 5.54. The first-order valence-corrected chi connectivity index (χ1v) is 11.1. The number of fused-ring (bicyclic) bond motifs is 1. The van der Waals surface area contributed by atoms with Crippen molar-refractivity contribution in [3.05, 3.63) is 100 Å². The number of hydrogen-bond donors (Lipinski definition) is 0. The number of hydrogen-bond acceptors (Lipinski definition) is 6. The van der Waals surface area contributed by atoms with Crippen LogP contribution in [0.2, 0.25) is 0 Å². The molecule has 4 rings (SSSR count). The predicted molar refractivity (Wildman–Crippen MR) is 121 cm³/mol. The quantitative estimate of drug-likeness (QED) is 0.425. The molecule has 0 saturated heterocycles. The van der Waals surface area contributed by atoms with Crippen LogP contribution in [0.3, 0.4) is 0 Å². The summed E-state index contributed by atoms with van der Waals surface area (Å²) < 4.78 is 38.0. The van der Waals surface area contributed by atoms with E-state index in [4.69, 9.17) is 9.15 Å². The topological polar surface area (TPSA) is 93.9 Å². The highest BCUT2D eigenvalue weighted by atomic mass is 32.2. The van der Waals surface area contributed by atoms with Gasteiger partial charge in [-0.1, -0.05) is 35.9 Å². The standard InChI is InChI=1S/C24H19NO6S/c1-16-7-13-20(14-8-16)32(28,29)25(18-9-11-19(30-2)12-10-18)23(26)21-15-17-5-3-4-6-22(17)31-24(21)27/h3-15H,1-2H3. The summed E-state index contributed by atoms with van der Waals surface area (Å²) in [5.41, 5.74) is -0.0988. The Bertz CT molecular complexity index is 1460. The summed E-state index contributed by atoms with van der Waals surface area (Å²) >= 11 is 0. The lowest BCUT2D eigenvalue weighted by Gasteiger charge is -2.22. The summed E-state index contributed by atoms with van der Waals surface area (Å²) in [6.45, 7) is 1.82. The van der Waals surface area contributed by atoms with E-state index in [2.05, 4.69) is 0 Å². The Morgan fingerprint density at radius 1 is 0.938 bits per heavy atom. The summed E-state index contributed by atoms with van der Waals surface area (Å²) in [5.74, 6) is -0.533. The molecule has 1 amide bonds. The highest BCUT2D eigenvalue weighted by Gasteiger charge is 2.33. The van der Waals surface area contributed by atoms with E-state index in [1.807, 2.05) is 6.92 Å². The maximum atomic E-state index is 13.5. The van der Waals surface area contributed by atoms with Crippen molar-refractivity contribution >= 4 is 32.6 Å². The average molecular weight is 449 g/mol. The zero-order valence-electron chi connectivity index (χ0n) is 17.3. The van der Waals surface area contributed by atoms with Crippen molar-refractivity contribution in [3.63, 3.8) is 0 Å². The molecule has 1 aromatic heterocycles. The number of para-hydroxylation sites is 1. The van der Waals surface area contributed by atoms with Crippen molar-refractivity contribution < 1.29 is 22.4 Å². The van der Waals surface area contributed by atoms with Gasteiger partial charge in [0.1, 0.15) is 16.9 Å². The molecule has 0 aliphatic rings. The Morgan fingerprint density at radius 2 is 1.59 bits per heavy atom. The molecule has 0 atom stereocenters. The number of sulfonamides is 1. The van der Waals surface area contributed by atoms with E-state index in [1.54, 1.807) is 36.4 Å². The first kappa shape index (κ1) is 21.3. The van der Waals surface area contributed by atoms with Gasteiger partial charge in [-0.3, -0.25) is 4.79 Å². The SMILES string of the molecule is COc1ccc(N(C(=O)c2cc3ccccc3oc2=O)S(=O)(=O)c2ccc(C)cc2)cc1. The molecular weight excluding hydrogens is 430 g/mol. The van der Waals surface area contributed by atoms with Crippen LogP contribution in [0.25, 0.3) is 11.0 Å². The molecule has 0 spiro atoms. The lowest BCUT2D eigenvalue weighted by atomic mass is 10.1. The molecule has 8 heteroatoms. The third-order valence-corrected chi connectivity index (χ3v) is 6.65. The zero-order valence-corrected chi connectivity index (χ0v) is 18.1. The number of methoxy groups -OCH3 is 1. The van der Waals surface area contributed by atoms with Crippen LogP contribution < -0.4 is 14.7 Å². The van der Waals surface area contributed by atoms with Gasteiger partial charge in [0, 0.05) is 5.39 Å². The number of carbonyl (C=O) groups is 1. The van der Waals surface area contributed by atoms with Gasteiger partial charge in [0.25, 0.3) is 15.9 Å². The van der Waals surface area contributed by atoms with Gasteiger partial charge in [0.15, 0.2) is 0 Å². The van der Waals surface area contributed by atoms with Gasteiger partial charge in [0.2, 0.25) is 0 Å². The van der Waals surface area contributed by atoms with Gasteiger partial charge < -0.3 is 9.15 Å². The normalized spacial score (nSPS) is 11.3. The molecule has 0 fully saturated rings. The number of nitrogens with zero attached hydrogens (tertiary/aromatic N) is 1. The molecule has 4 aromatic rings. The number of rotatable bonds is 5. The Hall–Kier alpha value is -3.91. The lowest BCUT2D eigenvalue weighted by Crippen LogP contribution is -2.39. The van der Waals surface area contributed by atoms with Crippen molar-refractivity contribution in [2.75, 3.05) is 11.4 Å². The molecule has 0 bridgehead atoms. The number of anilines is 1. The largest absolute Gasteiger partial charge is 0.497 e. The van der Waals surface area contributed by atoms with Crippen molar-refractivity contribution in [2.45, 2.75) is 11.8 Å². The van der Waals surface area contributed by atoms with E-state index in [0.717, 1.165) is 5.56 Å². The van der Waals surface area contributed by atoms with Crippen LogP contribution in [0.1, 0.15) is 15.9 Å². The third kappa shape index (κ3) is 3.88. The highest BCUT2D eigenvalue weighted by Crippen LogP contribution is 2.28. The fourth-order valence-electron chi connectivity index (χ4n) is 3.22. The number of amides is 1. The second kappa shape index (κ2) is 8.32. The van der Waals surface area contributed by atoms with Crippen molar-refractivity contribution in [3.8, 4) is 5.75 Å². The van der Waals surface area contributed by atoms with E-state index in [1.165, 1.54) is 49.6 Å². The van der Waals surface area contributed by atoms with E-state index < -0.39 is 27.1 Å². The number of benzene rings is 3. The second-order valence-electron chi connectivity index (χ2n) is 7.07. The van der Waals surface area contributed by atoms with E-state index in [-0.39, 0.29) is 10.6 Å². The molecule has 0 radical (unpaired) electrons. The lowest BCUT2D eigenvalue weighted by molar-refractivity contribution is 0.100. The summed E-state index contributed by atoms with van der Waals surface area (Å²) in [6, 6.07) is 20.0. The minimum Gasteiger partial charge on any atom is -0.497 e. The van der Waals surface area contributed by atoms with Crippen molar-refractivity contribution in [1.29, 1.82) is 0 Å². The third-order valence-electron chi connectivity index (χ3n) is 4.92. The molecule has 0 saturated carbocycles. The van der Waals surface area contributed by atoms with Crippen LogP contribution in [-0.4, -0.2) is 21.4 Å². The molecule has 32 heavy (non-hydrogen) atoms. The van der Waals surface area contributed by atoms with E-state index in [0.29, 0.717) is 21.0 Å². The van der Waals surface area contributed by atoms with Crippen LogP contribution >= 0.6 is 0 Å². The molecular formula is C24H19NO6S. The Labute approximate surface area is 184 Å². The molecule has 7 nitrogen and oxygen atoms in total. The fraction of sp³-hybridized carbons (Fsp3) is 0.0833. The number of aryl methyl sites for hydroxylation is 1. The van der Waals surface area contributed by atoms with E-state index >= 15 is 0 Å². The first-order chi connectivity index (χ1) is 15.3. The van der Waals surface area contributed by atoms with Gasteiger partial charge in [-0.2, -0.15) is 4.31 Å².